The van der Waals surface area contributed by atoms with Gasteiger partial charge in [0, 0.05) is 52.7 Å². The van der Waals surface area contributed by atoms with Gasteiger partial charge in [0.1, 0.15) is 0 Å². The molecule has 1 atom stereocenters. The third-order valence-corrected chi connectivity index (χ3v) is 7.42. The molecule has 0 saturated carbocycles. The van der Waals surface area contributed by atoms with Crippen molar-refractivity contribution in [1.82, 2.24) is 14.0 Å². The Morgan fingerprint density at radius 2 is 1.34 bits per heavy atom. The van der Waals surface area contributed by atoms with Crippen molar-refractivity contribution in [3.8, 4) is 0 Å². The van der Waals surface area contributed by atoms with Crippen molar-refractivity contribution in [2.45, 2.75) is 57.8 Å². The Bertz CT molecular complexity index is 1270. The number of hydrogen-bond acceptors (Lipinski definition) is 2. The molecule has 0 spiro atoms. The molecule has 1 N–H and O–H groups in total. The van der Waals surface area contributed by atoms with E-state index in [9.17, 15) is 5.11 Å². The van der Waals surface area contributed by atoms with Crippen LogP contribution in [0.5, 0.6) is 0 Å². The van der Waals surface area contributed by atoms with Crippen LogP contribution in [0.1, 0.15) is 35.4 Å². The predicted octanol–water partition coefficient (Wildman–Crippen LogP) is 4.95. The number of aromatic nitrogens is 2. The minimum atomic E-state index is -0.415. The van der Waals surface area contributed by atoms with Crippen molar-refractivity contribution in [2.75, 3.05) is 13.6 Å². The molecule has 2 aromatic heterocycles. The van der Waals surface area contributed by atoms with Gasteiger partial charge in [-0.3, -0.25) is 0 Å². The van der Waals surface area contributed by atoms with Gasteiger partial charge in [-0.1, -0.05) is 36.4 Å². The number of rotatable bonds is 4. The maximum absolute atomic E-state index is 11.3. The summed E-state index contributed by atoms with van der Waals surface area (Å²) < 4.78 is 4.82. The monoisotopic (exact) mass is 449 g/mol. The average molecular weight is 450 g/mol. The highest BCUT2D eigenvalue weighted by atomic mass is 35.5. The van der Waals surface area contributed by atoms with E-state index in [2.05, 4.69) is 69.6 Å². The molecule has 5 heteroatoms. The molecule has 0 radical (unpaired) electrons. The smallest absolute Gasteiger partial charge is 0.0897 e. The molecular weight excluding hydrogens is 418 g/mol. The molecule has 0 fully saturated rings. The van der Waals surface area contributed by atoms with Crippen LogP contribution in [0.25, 0.3) is 21.8 Å². The van der Waals surface area contributed by atoms with E-state index in [1.54, 1.807) is 0 Å². The fourth-order valence-corrected chi connectivity index (χ4v) is 6.02. The minimum absolute atomic E-state index is 0. The van der Waals surface area contributed by atoms with Crippen molar-refractivity contribution in [2.24, 2.45) is 0 Å². The zero-order valence-electron chi connectivity index (χ0n) is 18.8. The van der Waals surface area contributed by atoms with Gasteiger partial charge in [0.15, 0.2) is 0 Å². The molecule has 1 aliphatic heterocycles. The lowest BCUT2D eigenvalue weighted by Crippen LogP contribution is -2.29. The van der Waals surface area contributed by atoms with Crippen LogP contribution in [0.4, 0.5) is 0 Å². The lowest BCUT2D eigenvalue weighted by molar-refractivity contribution is 0.134. The van der Waals surface area contributed by atoms with Crippen molar-refractivity contribution in [1.29, 1.82) is 0 Å². The van der Waals surface area contributed by atoms with Gasteiger partial charge in [-0.05, 0) is 56.0 Å². The summed E-state index contributed by atoms with van der Waals surface area (Å²) in [5.41, 5.74) is 8.38. The fraction of sp³-hybridized carbons (Fsp3) is 0.407. The number of aliphatic hydroxyl groups excluding tert-OH is 1. The van der Waals surface area contributed by atoms with Crippen LogP contribution in [0.2, 0.25) is 0 Å². The number of halogens is 1. The zero-order chi connectivity index (χ0) is 20.9. The van der Waals surface area contributed by atoms with E-state index < -0.39 is 6.10 Å². The van der Waals surface area contributed by atoms with Gasteiger partial charge < -0.3 is 19.1 Å². The SMILES string of the molecule is CN1CCc2c(c3ccccc3n2CC(O)Cn2c3c(c4ccccc42)CCCC3)C1.Cl. The standard InChI is InChI=1S/C27H31N3O.ClH/c1-28-15-14-27-23(18-28)22-10-4-7-13-26(22)30(27)17-19(31)16-29-24-11-5-2-8-20(24)21-9-3-6-12-25(21)29;/h2,4-5,7-8,10-11,13,19,31H,3,6,9,12,14-18H2,1H3;1H. The molecule has 32 heavy (non-hydrogen) atoms. The molecular formula is C27H32ClN3O. The third kappa shape index (κ3) is 3.45. The van der Waals surface area contributed by atoms with Gasteiger partial charge in [-0.15, -0.1) is 12.4 Å². The van der Waals surface area contributed by atoms with Crippen molar-refractivity contribution < 1.29 is 5.11 Å². The van der Waals surface area contributed by atoms with Crippen LogP contribution in [0.15, 0.2) is 48.5 Å². The Morgan fingerprint density at radius 1 is 0.781 bits per heavy atom. The molecule has 1 unspecified atom stereocenters. The molecule has 6 rings (SSSR count). The lowest BCUT2D eigenvalue weighted by atomic mass is 9.95. The predicted molar refractivity (Wildman–Crippen MR) is 134 cm³/mol. The summed E-state index contributed by atoms with van der Waals surface area (Å²) in [5.74, 6) is 0. The quantitative estimate of drug-likeness (QED) is 0.478. The second kappa shape index (κ2) is 8.58. The van der Waals surface area contributed by atoms with Crippen molar-refractivity contribution >= 4 is 34.2 Å². The molecule has 168 valence electrons. The maximum Gasteiger partial charge on any atom is 0.0897 e. The summed E-state index contributed by atoms with van der Waals surface area (Å²) in [6.45, 7) is 3.39. The van der Waals surface area contributed by atoms with Crippen LogP contribution in [0.3, 0.4) is 0 Å². The average Bonchev–Trinajstić information content (AvgIpc) is 3.27. The largest absolute Gasteiger partial charge is 0.389 e. The summed E-state index contributed by atoms with van der Waals surface area (Å²) in [6.07, 6.45) is 5.46. The highest BCUT2D eigenvalue weighted by molar-refractivity contribution is 5.87. The van der Waals surface area contributed by atoms with Crippen LogP contribution < -0.4 is 0 Å². The molecule has 2 aliphatic rings. The first kappa shape index (κ1) is 21.6. The molecule has 3 heterocycles. The summed E-state index contributed by atoms with van der Waals surface area (Å²) in [7, 11) is 2.20. The van der Waals surface area contributed by atoms with Crippen LogP contribution in [-0.2, 0) is 38.9 Å². The number of aliphatic hydroxyl groups is 1. The Labute approximate surface area is 195 Å². The number of fused-ring (bicyclic) bond motifs is 6. The molecule has 2 aromatic carbocycles. The highest BCUT2D eigenvalue weighted by Gasteiger charge is 2.25. The first-order valence-corrected chi connectivity index (χ1v) is 11.8. The van der Waals surface area contributed by atoms with E-state index in [1.165, 1.54) is 63.6 Å². The second-order valence-electron chi connectivity index (χ2n) is 9.45. The normalized spacial score (nSPS) is 17.2. The minimum Gasteiger partial charge on any atom is -0.389 e. The van der Waals surface area contributed by atoms with Crippen LogP contribution >= 0.6 is 12.4 Å². The van der Waals surface area contributed by atoms with Gasteiger partial charge in [0.2, 0.25) is 0 Å². The van der Waals surface area contributed by atoms with Gasteiger partial charge in [-0.25, -0.2) is 0 Å². The highest BCUT2D eigenvalue weighted by Crippen LogP contribution is 2.33. The van der Waals surface area contributed by atoms with Gasteiger partial charge >= 0.3 is 0 Å². The molecule has 0 amide bonds. The number of nitrogens with zero attached hydrogens (tertiary/aromatic N) is 3. The van der Waals surface area contributed by atoms with E-state index in [0.29, 0.717) is 13.1 Å². The number of para-hydroxylation sites is 2. The summed E-state index contributed by atoms with van der Waals surface area (Å²) in [6, 6.07) is 17.5. The molecule has 4 nitrogen and oxygen atoms in total. The number of aryl methyl sites for hydroxylation is 1. The number of benzene rings is 2. The third-order valence-electron chi connectivity index (χ3n) is 7.42. The summed E-state index contributed by atoms with van der Waals surface area (Å²) in [5, 5.41) is 14.0. The van der Waals surface area contributed by atoms with E-state index in [-0.39, 0.29) is 12.4 Å². The maximum atomic E-state index is 11.3. The first-order valence-electron chi connectivity index (χ1n) is 11.8. The van der Waals surface area contributed by atoms with Crippen LogP contribution in [0, 0.1) is 0 Å². The molecule has 0 bridgehead atoms. The first-order chi connectivity index (χ1) is 15.2. The Morgan fingerprint density at radius 3 is 2.03 bits per heavy atom. The van der Waals surface area contributed by atoms with Crippen LogP contribution in [-0.4, -0.2) is 38.8 Å². The fourth-order valence-electron chi connectivity index (χ4n) is 6.02. The van der Waals surface area contributed by atoms with E-state index in [0.717, 1.165) is 25.9 Å². The number of likely N-dealkylation sites (N-methyl/N-ethyl adjacent to an activating group) is 1. The molecule has 0 saturated heterocycles. The van der Waals surface area contributed by atoms with Gasteiger partial charge in [0.05, 0.1) is 19.2 Å². The molecule has 4 aromatic rings. The Hall–Kier alpha value is -2.27. The van der Waals surface area contributed by atoms with Crippen molar-refractivity contribution in [3.63, 3.8) is 0 Å². The topological polar surface area (TPSA) is 33.3 Å². The van der Waals surface area contributed by atoms with E-state index in [1.807, 2.05) is 0 Å². The van der Waals surface area contributed by atoms with E-state index >= 15 is 0 Å². The van der Waals surface area contributed by atoms with Gasteiger partial charge in [0.25, 0.3) is 0 Å². The van der Waals surface area contributed by atoms with E-state index in [4.69, 9.17) is 0 Å². The number of hydrogen-bond donors (Lipinski definition) is 1. The zero-order valence-corrected chi connectivity index (χ0v) is 19.6. The Balaban J connectivity index is 0.00000216. The van der Waals surface area contributed by atoms with Gasteiger partial charge in [-0.2, -0.15) is 0 Å². The lowest BCUT2D eigenvalue weighted by Gasteiger charge is -2.25. The summed E-state index contributed by atoms with van der Waals surface area (Å²) in [4.78, 5) is 2.40. The Kier molecular flexibility index (Phi) is 5.79. The second-order valence-corrected chi connectivity index (χ2v) is 9.45. The van der Waals surface area contributed by atoms with Crippen molar-refractivity contribution in [3.05, 3.63) is 71.0 Å². The molecule has 1 aliphatic carbocycles. The summed E-state index contributed by atoms with van der Waals surface area (Å²) >= 11 is 0.